The fourth-order valence-electron chi connectivity index (χ4n) is 2.29. The molecule has 7 heteroatoms. The molecule has 0 unspecified atom stereocenters. The molecule has 0 aliphatic carbocycles. The largest absolute Gasteiger partial charge is 0.360 e. The van der Waals surface area contributed by atoms with Crippen molar-refractivity contribution in [2.24, 2.45) is 0 Å². The van der Waals surface area contributed by atoms with Gasteiger partial charge in [0.05, 0.1) is 11.7 Å². The number of rotatable bonds is 3. The van der Waals surface area contributed by atoms with E-state index in [1.807, 2.05) is 45.2 Å². The molecule has 0 aliphatic heterocycles. The number of anilines is 1. The van der Waals surface area contributed by atoms with Crippen LogP contribution in [0.1, 0.15) is 41.6 Å². The van der Waals surface area contributed by atoms with Gasteiger partial charge in [-0.3, -0.25) is 5.10 Å². The number of nitrogens with zero attached hydrogens (tertiary/aromatic N) is 5. The average Bonchev–Trinajstić information content (AvgIpc) is 2.97. The molecule has 3 heterocycles. The van der Waals surface area contributed by atoms with Gasteiger partial charge in [0.1, 0.15) is 11.6 Å². The first-order valence-electron chi connectivity index (χ1n) is 6.94. The maximum atomic E-state index is 4.56. The van der Waals surface area contributed by atoms with E-state index < -0.39 is 0 Å². The van der Waals surface area contributed by atoms with Crippen molar-refractivity contribution in [1.82, 2.24) is 29.8 Å². The van der Waals surface area contributed by atoms with Crippen LogP contribution in [0, 0.1) is 27.7 Å². The monoisotopic (exact) mass is 285 g/mol. The van der Waals surface area contributed by atoms with Gasteiger partial charge < -0.3 is 5.32 Å². The van der Waals surface area contributed by atoms with E-state index in [1.165, 1.54) is 0 Å². The van der Waals surface area contributed by atoms with Crippen molar-refractivity contribution in [3.63, 3.8) is 0 Å². The van der Waals surface area contributed by atoms with Gasteiger partial charge in [-0.1, -0.05) is 0 Å². The minimum Gasteiger partial charge on any atom is -0.360 e. The maximum absolute atomic E-state index is 4.56. The summed E-state index contributed by atoms with van der Waals surface area (Å²) in [5.74, 6) is 2.43. The lowest BCUT2D eigenvalue weighted by atomic mass is 10.3. The summed E-state index contributed by atoms with van der Waals surface area (Å²) in [6.45, 7) is 9.92. The molecule has 3 rings (SSSR count). The lowest BCUT2D eigenvalue weighted by Gasteiger charge is -2.13. The summed E-state index contributed by atoms with van der Waals surface area (Å²) >= 11 is 0. The number of aryl methyl sites for hydroxylation is 4. The molecule has 0 amide bonds. The average molecular weight is 285 g/mol. The molecule has 0 saturated heterocycles. The van der Waals surface area contributed by atoms with Crippen LogP contribution in [0.4, 0.5) is 5.82 Å². The van der Waals surface area contributed by atoms with E-state index in [4.69, 9.17) is 0 Å². The number of aromatic amines is 1. The number of aromatic nitrogens is 6. The van der Waals surface area contributed by atoms with Gasteiger partial charge in [-0.15, -0.1) is 0 Å². The highest BCUT2D eigenvalue weighted by Gasteiger charge is 2.15. The summed E-state index contributed by atoms with van der Waals surface area (Å²) in [7, 11) is 0. The molecule has 0 fully saturated rings. The summed E-state index contributed by atoms with van der Waals surface area (Å²) < 4.78 is 1.84. The molecular weight excluding hydrogens is 266 g/mol. The number of nitrogens with one attached hydrogen (secondary N) is 2. The summed E-state index contributed by atoms with van der Waals surface area (Å²) in [6.07, 6.45) is 0. The van der Waals surface area contributed by atoms with E-state index in [1.54, 1.807) is 0 Å². The second kappa shape index (κ2) is 4.83. The first kappa shape index (κ1) is 13.5. The Bertz CT molecular complexity index is 799. The molecule has 0 aromatic carbocycles. The molecule has 110 valence electrons. The second-order valence-electron chi connectivity index (χ2n) is 5.37. The van der Waals surface area contributed by atoms with Gasteiger partial charge in [0.2, 0.25) is 0 Å². The highest BCUT2D eigenvalue weighted by molar-refractivity contribution is 5.56. The van der Waals surface area contributed by atoms with Gasteiger partial charge in [0.15, 0.2) is 11.5 Å². The number of hydrogen-bond donors (Lipinski definition) is 2. The molecule has 21 heavy (non-hydrogen) atoms. The summed E-state index contributed by atoms with van der Waals surface area (Å²) in [6, 6.07) is 1.96. The molecule has 0 bridgehead atoms. The number of hydrogen-bond acceptors (Lipinski definition) is 5. The van der Waals surface area contributed by atoms with Gasteiger partial charge in [-0.25, -0.2) is 9.97 Å². The summed E-state index contributed by atoms with van der Waals surface area (Å²) in [5, 5.41) is 15.0. The number of H-pyrrole nitrogens is 1. The van der Waals surface area contributed by atoms with Crippen molar-refractivity contribution >= 4 is 11.5 Å². The Labute approximate surface area is 122 Å². The van der Waals surface area contributed by atoms with Gasteiger partial charge >= 0.3 is 0 Å². The predicted octanol–water partition coefficient (Wildman–Crippen LogP) is 2.25. The van der Waals surface area contributed by atoms with Crippen molar-refractivity contribution in [2.75, 3.05) is 5.32 Å². The van der Waals surface area contributed by atoms with Crippen LogP contribution in [0.15, 0.2) is 6.07 Å². The van der Waals surface area contributed by atoms with Gasteiger partial charge in [-0.2, -0.15) is 14.7 Å². The van der Waals surface area contributed by atoms with Crippen LogP contribution < -0.4 is 5.32 Å². The van der Waals surface area contributed by atoms with Gasteiger partial charge in [-0.05, 0) is 34.6 Å². The smallest absolute Gasteiger partial charge is 0.172 e. The maximum Gasteiger partial charge on any atom is 0.172 e. The normalized spacial score (nSPS) is 12.8. The molecule has 1 atom stereocenters. The van der Waals surface area contributed by atoms with E-state index in [9.17, 15) is 0 Å². The van der Waals surface area contributed by atoms with Crippen LogP contribution in [-0.4, -0.2) is 29.8 Å². The fourth-order valence-corrected chi connectivity index (χ4v) is 2.29. The van der Waals surface area contributed by atoms with E-state index >= 15 is 0 Å². The fraction of sp³-hybridized carbons (Fsp3) is 0.429. The van der Waals surface area contributed by atoms with Crippen LogP contribution in [0.2, 0.25) is 0 Å². The quantitative estimate of drug-likeness (QED) is 0.771. The standard InChI is InChI=1S/C14H19N7/c1-7-6-12(16-10(4)13-17-11(5)18-19-13)21-14(15-7)8(2)9(3)20-21/h6,10,16H,1-5H3,(H,17,18,19)/t10-/m1/s1. The zero-order chi connectivity index (χ0) is 15.1. The van der Waals surface area contributed by atoms with E-state index in [0.717, 1.165) is 40.1 Å². The van der Waals surface area contributed by atoms with Crippen molar-refractivity contribution in [2.45, 2.75) is 40.7 Å². The Morgan fingerprint density at radius 3 is 2.62 bits per heavy atom. The third kappa shape index (κ3) is 2.35. The Hall–Kier alpha value is -2.44. The van der Waals surface area contributed by atoms with Crippen LogP contribution in [-0.2, 0) is 0 Å². The highest BCUT2D eigenvalue weighted by Crippen LogP contribution is 2.21. The van der Waals surface area contributed by atoms with E-state index in [0.29, 0.717) is 0 Å². The van der Waals surface area contributed by atoms with Crippen molar-refractivity contribution in [1.29, 1.82) is 0 Å². The molecule has 3 aromatic heterocycles. The van der Waals surface area contributed by atoms with Crippen molar-refractivity contribution in [3.05, 3.63) is 34.7 Å². The van der Waals surface area contributed by atoms with E-state index in [2.05, 4.69) is 30.6 Å². The van der Waals surface area contributed by atoms with Crippen molar-refractivity contribution < 1.29 is 0 Å². The lowest BCUT2D eigenvalue weighted by Crippen LogP contribution is -2.12. The molecule has 2 N–H and O–H groups in total. The topological polar surface area (TPSA) is 83.8 Å². The zero-order valence-electron chi connectivity index (χ0n) is 12.9. The predicted molar refractivity (Wildman–Crippen MR) is 80.4 cm³/mol. The SMILES string of the molecule is Cc1cc(N[C@H](C)c2n[nH]c(C)n2)n2nc(C)c(C)c2n1. The minimum absolute atomic E-state index is 0.0234. The Morgan fingerprint density at radius 1 is 1.19 bits per heavy atom. The number of fused-ring (bicyclic) bond motifs is 1. The first-order valence-corrected chi connectivity index (χ1v) is 6.94. The molecule has 0 saturated carbocycles. The van der Waals surface area contributed by atoms with Crippen LogP contribution in [0.25, 0.3) is 5.65 Å². The van der Waals surface area contributed by atoms with E-state index in [-0.39, 0.29) is 6.04 Å². The first-order chi connectivity index (χ1) is 9.95. The minimum atomic E-state index is -0.0234. The van der Waals surface area contributed by atoms with Crippen LogP contribution in [0.5, 0.6) is 0 Å². The Balaban J connectivity index is 2.02. The van der Waals surface area contributed by atoms with Crippen LogP contribution in [0.3, 0.4) is 0 Å². The molecule has 0 radical (unpaired) electrons. The lowest BCUT2D eigenvalue weighted by molar-refractivity contribution is 0.774. The molecule has 0 aliphatic rings. The summed E-state index contributed by atoms with van der Waals surface area (Å²) in [5.41, 5.74) is 3.92. The Morgan fingerprint density at radius 2 is 1.95 bits per heavy atom. The summed E-state index contributed by atoms with van der Waals surface area (Å²) in [4.78, 5) is 8.92. The molecular formula is C14H19N7. The van der Waals surface area contributed by atoms with Crippen LogP contribution >= 0.6 is 0 Å². The third-order valence-corrected chi connectivity index (χ3v) is 3.55. The van der Waals surface area contributed by atoms with Gasteiger partial charge in [0.25, 0.3) is 0 Å². The zero-order valence-corrected chi connectivity index (χ0v) is 12.9. The highest BCUT2D eigenvalue weighted by atomic mass is 15.3. The molecule has 0 spiro atoms. The molecule has 7 nitrogen and oxygen atoms in total. The third-order valence-electron chi connectivity index (χ3n) is 3.55. The van der Waals surface area contributed by atoms with Crippen molar-refractivity contribution in [3.8, 4) is 0 Å². The Kier molecular flexibility index (Phi) is 3.12. The molecule has 3 aromatic rings. The van der Waals surface area contributed by atoms with Gasteiger partial charge in [0, 0.05) is 17.3 Å². The second-order valence-corrected chi connectivity index (χ2v) is 5.37.